The van der Waals surface area contributed by atoms with E-state index in [1.54, 1.807) is 0 Å². The summed E-state index contributed by atoms with van der Waals surface area (Å²) in [4.78, 5) is 13.0. The lowest BCUT2D eigenvalue weighted by Gasteiger charge is -2.40. The number of ether oxygens (including phenoxy) is 2. The summed E-state index contributed by atoms with van der Waals surface area (Å²) in [6, 6.07) is -0.725. The van der Waals surface area contributed by atoms with Crippen LogP contribution in [0.2, 0.25) is 0 Å². The van der Waals surface area contributed by atoms with Gasteiger partial charge in [0, 0.05) is 6.42 Å². The van der Waals surface area contributed by atoms with E-state index in [-0.39, 0.29) is 12.5 Å². The molecule has 7 atom stereocenters. The number of carbonyl (C=O) groups excluding carboxylic acids is 1. The predicted octanol–water partition coefficient (Wildman–Crippen LogP) is 13.0. The fourth-order valence-electron chi connectivity index (χ4n) is 8.89. The summed E-state index contributed by atoms with van der Waals surface area (Å²) in [6.45, 7) is 3.81. The lowest BCUT2D eigenvalue weighted by molar-refractivity contribution is -0.302. The fraction of sp³-hybridized carbons (Fsp3) is 0.909. The minimum Gasteiger partial charge on any atom is -0.394 e. The van der Waals surface area contributed by atoms with E-state index >= 15 is 0 Å². The van der Waals surface area contributed by atoms with Gasteiger partial charge >= 0.3 is 0 Å². The van der Waals surface area contributed by atoms with Crippen molar-refractivity contribution in [2.45, 2.75) is 307 Å². The zero-order valence-electron chi connectivity index (χ0n) is 41.8. The average molecular weight is 908 g/mol. The first-order chi connectivity index (χ1) is 31.3. The second kappa shape index (κ2) is 45.5. The maximum absolute atomic E-state index is 13.0. The molecule has 0 bridgehead atoms. The van der Waals surface area contributed by atoms with E-state index in [0.29, 0.717) is 12.8 Å². The SMILES string of the molecule is CCCC/C=C\C/C=C\CCCCCCCC(=O)NC(COC1OC(CO)C(O)C(O)C1O)C(O)CCCCCCCCCCCCCCCCCCCCCCCCCCCCC. The van der Waals surface area contributed by atoms with Crippen molar-refractivity contribution in [2.24, 2.45) is 0 Å². The number of carbonyl (C=O) groups is 1. The molecule has 1 aliphatic heterocycles. The van der Waals surface area contributed by atoms with Gasteiger partial charge in [-0.25, -0.2) is 0 Å². The van der Waals surface area contributed by atoms with E-state index < -0.39 is 49.5 Å². The molecular weight excluding hydrogens is 803 g/mol. The highest BCUT2D eigenvalue weighted by atomic mass is 16.7. The van der Waals surface area contributed by atoms with Crippen molar-refractivity contribution in [1.82, 2.24) is 5.32 Å². The van der Waals surface area contributed by atoms with Gasteiger partial charge in [-0.05, 0) is 38.5 Å². The van der Waals surface area contributed by atoms with Crippen molar-refractivity contribution in [3.8, 4) is 0 Å². The number of unbranched alkanes of at least 4 members (excludes halogenated alkanes) is 33. The summed E-state index contributed by atoms with van der Waals surface area (Å²) in [5, 5.41) is 54.5. The lowest BCUT2D eigenvalue weighted by Crippen LogP contribution is -2.60. The molecule has 0 radical (unpaired) electrons. The molecule has 7 unspecified atom stereocenters. The zero-order valence-corrected chi connectivity index (χ0v) is 41.8. The first-order valence-corrected chi connectivity index (χ1v) is 27.5. The number of hydrogen-bond acceptors (Lipinski definition) is 8. The monoisotopic (exact) mass is 908 g/mol. The second-order valence-corrected chi connectivity index (χ2v) is 19.4. The Balaban J connectivity index is 2.18. The molecule has 0 aromatic rings. The highest BCUT2D eigenvalue weighted by Gasteiger charge is 2.44. The Hall–Kier alpha value is -1.33. The van der Waals surface area contributed by atoms with Gasteiger partial charge in [-0.15, -0.1) is 0 Å². The summed E-state index contributed by atoms with van der Waals surface area (Å²) in [5.74, 6) is -0.156. The van der Waals surface area contributed by atoms with Gasteiger partial charge in [-0.3, -0.25) is 4.79 Å². The Labute approximate surface area is 394 Å². The normalized spacial score (nSPS) is 20.1. The smallest absolute Gasteiger partial charge is 0.220 e. The van der Waals surface area contributed by atoms with E-state index in [1.807, 2.05) is 0 Å². The van der Waals surface area contributed by atoms with Crippen molar-refractivity contribution in [3.63, 3.8) is 0 Å². The molecule has 0 spiro atoms. The molecule has 6 N–H and O–H groups in total. The van der Waals surface area contributed by atoms with Gasteiger partial charge in [0.15, 0.2) is 6.29 Å². The first-order valence-electron chi connectivity index (χ1n) is 27.5. The van der Waals surface area contributed by atoms with Crippen molar-refractivity contribution in [2.75, 3.05) is 13.2 Å². The molecule has 1 rings (SSSR count). The molecule has 1 amide bonds. The molecule has 0 saturated carbocycles. The molecule has 1 fully saturated rings. The van der Waals surface area contributed by atoms with Crippen LogP contribution < -0.4 is 5.32 Å². The van der Waals surface area contributed by atoms with Crippen LogP contribution in [0.1, 0.15) is 264 Å². The number of amides is 1. The van der Waals surface area contributed by atoms with E-state index in [2.05, 4.69) is 43.5 Å². The topological polar surface area (TPSA) is 149 Å². The Morgan fingerprint density at radius 3 is 1.39 bits per heavy atom. The molecule has 9 nitrogen and oxygen atoms in total. The van der Waals surface area contributed by atoms with Crippen LogP contribution in [-0.2, 0) is 14.3 Å². The van der Waals surface area contributed by atoms with Gasteiger partial charge < -0.3 is 40.3 Å². The molecular formula is C55H105NO8. The molecule has 1 saturated heterocycles. The van der Waals surface area contributed by atoms with Crippen LogP contribution in [0.5, 0.6) is 0 Å². The molecule has 0 aromatic carbocycles. The Kier molecular flexibility index (Phi) is 43.1. The number of allylic oxidation sites excluding steroid dienone is 4. The van der Waals surface area contributed by atoms with Crippen LogP contribution in [0.15, 0.2) is 24.3 Å². The van der Waals surface area contributed by atoms with Crippen LogP contribution in [0.25, 0.3) is 0 Å². The third kappa shape index (κ3) is 34.9. The zero-order chi connectivity index (χ0) is 46.6. The molecule has 378 valence electrons. The summed E-state index contributed by atoms with van der Waals surface area (Å²) in [5.41, 5.74) is 0. The molecule has 1 aliphatic rings. The van der Waals surface area contributed by atoms with Crippen molar-refractivity contribution in [3.05, 3.63) is 24.3 Å². The Morgan fingerprint density at radius 2 is 0.938 bits per heavy atom. The third-order valence-corrected chi connectivity index (χ3v) is 13.3. The van der Waals surface area contributed by atoms with E-state index in [4.69, 9.17) is 9.47 Å². The van der Waals surface area contributed by atoms with Gasteiger partial charge in [0.1, 0.15) is 24.4 Å². The number of aliphatic hydroxyl groups is 5. The predicted molar refractivity (Wildman–Crippen MR) is 267 cm³/mol. The van der Waals surface area contributed by atoms with Crippen molar-refractivity contribution in [1.29, 1.82) is 0 Å². The van der Waals surface area contributed by atoms with Crippen LogP contribution in [-0.4, -0.2) is 87.5 Å². The van der Waals surface area contributed by atoms with Crippen LogP contribution >= 0.6 is 0 Å². The van der Waals surface area contributed by atoms with E-state index in [0.717, 1.165) is 64.2 Å². The van der Waals surface area contributed by atoms with E-state index in [1.165, 1.54) is 173 Å². The van der Waals surface area contributed by atoms with Crippen molar-refractivity contribution < 1.29 is 39.8 Å². The van der Waals surface area contributed by atoms with Gasteiger partial charge in [0.05, 0.1) is 25.4 Å². The lowest BCUT2D eigenvalue weighted by atomic mass is 9.99. The van der Waals surface area contributed by atoms with Crippen LogP contribution in [0.3, 0.4) is 0 Å². The highest BCUT2D eigenvalue weighted by molar-refractivity contribution is 5.76. The standard InChI is InChI=1S/C55H105NO8/c1-3-5-7-9-11-13-15-17-19-20-21-22-23-24-25-26-27-28-29-30-31-32-34-36-38-40-42-44-49(58)48(47-63-55-54(62)53(61)52(60)50(46-57)64-55)56-51(59)45-43-41-39-37-35-33-18-16-14-12-10-8-6-4-2/h10,12,16,18,48-50,52-55,57-58,60-62H,3-9,11,13-15,17,19-47H2,1-2H3,(H,56,59)/b12-10-,18-16-. The Bertz CT molecular complexity index is 1060. The Morgan fingerprint density at radius 1 is 0.531 bits per heavy atom. The number of hydrogen-bond donors (Lipinski definition) is 6. The minimum absolute atomic E-state index is 0.142. The second-order valence-electron chi connectivity index (χ2n) is 19.4. The van der Waals surface area contributed by atoms with Gasteiger partial charge in [-0.1, -0.05) is 244 Å². The number of nitrogens with one attached hydrogen (secondary N) is 1. The summed E-state index contributed by atoms with van der Waals surface area (Å²) < 4.78 is 11.3. The first kappa shape index (κ1) is 60.7. The highest BCUT2D eigenvalue weighted by Crippen LogP contribution is 2.23. The number of aliphatic hydroxyl groups excluding tert-OH is 5. The molecule has 64 heavy (non-hydrogen) atoms. The van der Waals surface area contributed by atoms with E-state index in [9.17, 15) is 30.3 Å². The van der Waals surface area contributed by atoms with Crippen molar-refractivity contribution >= 4 is 5.91 Å². The maximum Gasteiger partial charge on any atom is 0.220 e. The average Bonchev–Trinajstić information content (AvgIpc) is 3.29. The van der Waals surface area contributed by atoms with Crippen LogP contribution in [0.4, 0.5) is 0 Å². The van der Waals surface area contributed by atoms with Gasteiger partial charge in [-0.2, -0.15) is 0 Å². The molecule has 9 heteroatoms. The van der Waals surface area contributed by atoms with Crippen LogP contribution in [0, 0.1) is 0 Å². The number of rotatable bonds is 47. The molecule has 1 heterocycles. The summed E-state index contributed by atoms with van der Waals surface area (Å²) in [6.07, 6.45) is 49.2. The fourth-order valence-corrected chi connectivity index (χ4v) is 8.89. The quantitative estimate of drug-likeness (QED) is 0.0261. The summed E-state index contributed by atoms with van der Waals surface area (Å²) >= 11 is 0. The molecule has 0 aromatic heterocycles. The van der Waals surface area contributed by atoms with Gasteiger partial charge in [0.25, 0.3) is 0 Å². The third-order valence-electron chi connectivity index (χ3n) is 13.3. The van der Waals surface area contributed by atoms with Gasteiger partial charge in [0.2, 0.25) is 5.91 Å². The molecule has 0 aliphatic carbocycles. The maximum atomic E-state index is 13.0. The summed E-state index contributed by atoms with van der Waals surface area (Å²) in [7, 11) is 0. The minimum atomic E-state index is -1.55. The largest absolute Gasteiger partial charge is 0.394 e.